The molecule has 0 atom stereocenters. The van der Waals surface area contributed by atoms with Gasteiger partial charge in [-0.15, -0.1) is 0 Å². The molecule has 3 aromatic carbocycles. The van der Waals surface area contributed by atoms with Crippen molar-refractivity contribution in [3.05, 3.63) is 103 Å². The molecule has 313 valence electrons. The first-order valence-electron chi connectivity index (χ1n) is 15.5. The van der Waals surface area contributed by atoms with Crippen molar-refractivity contribution in [3.8, 4) is 0 Å². The number of carbonyl (C=O) groups excluding carboxylic acids is 1. The third-order valence-corrected chi connectivity index (χ3v) is 12.1. The molecule has 20 nitrogen and oxygen atoms in total. The summed E-state index contributed by atoms with van der Waals surface area (Å²) in [5.74, 6) is 6.01. The van der Waals surface area contributed by atoms with Crippen molar-refractivity contribution in [2.75, 3.05) is 45.9 Å². The van der Waals surface area contributed by atoms with Crippen LogP contribution >= 0.6 is 20.0 Å². The van der Waals surface area contributed by atoms with Gasteiger partial charge < -0.3 is 51.0 Å². The van der Waals surface area contributed by atoms with Crippen LogP contribution in [0.5, 0.6) is 0 Å². The minimum absolute atomic E-state index is 0. The largest absolute Gasteiger partial charge is 1.00 e. The number of hydrogen-bond donors (Lipinski definition) is 6. The summed E-state index contributed by atoms with van der Waals surface area (Å²) >= 11 is 0.647. The van der Waals surface area contributed by atoms with Crippen LogP contribution in [0.1, 0.15) is 10.4 Å². The first kappa shape index (κ1) is 63.8. The molecule has 7 N–H and O–H groups in total. The average molecular weight is 1030 g/mol. The number of nitrogens with one attached hydrogen (secondary N) is 3. The Balaban J connectivity index is -0.000000937. The molecular weight excluding hydrogens is 989 g/mol. The summed E-state index contributed by atoms with van der Waals surface area (Å²) in [4.78, 5) is 26.4. The van der Waals surface area contributed by atoms with Crippen LogP contribution in [0.15, 0.2) is 106 Å². The molecule has 0 spiro atoms. The van der Waals surface area contributed by atoms with Crippen molar-refractivity contribution in [1.82, 2.24) is 15.2 Å². The quantitative estimate of drug-likeness (QED) is 0.0152. The number of hydrogen-bond acceptors (Lipinski definition) is 18. The molecule has 0 aliphatic heterocycles. The van der Waals surface area contributed by atoms with E-state index in [0.29, 0.717) is 44.2 Å². The number of nitrogens with zero attached hydrogens (tertiary/aromatic N) is 2. The molecule has 60 heavy (non-hydrogen) atoms. The number of amides is 1. The Kier molecular flexibility index (Phi) is 33.3. The fourth-order valence-corrected chi connectivity index (χ4v) is 8.75. The van der Waals surface area contributed by atoms with E-state index in [4.69, 9.17) is 26.3 Å². The van der Waals surface area contributed by atoms with Gasteiger partial charge in [0, 0.05) is 45.3 Å². The van der Waals surface area contributed by atoms with Gasteiger partial charge in [-0.2, -0.15) is 4.33 Å². The van der Waals surface area contributed by atoms with Crippen molar-refractivity contribution < 1.29 is 179 Å². The number of aliphatic hydroxyl groups excluding tert-OH is 3. The summed E-state index contributed by atoms with van der Waals surface area (Å²) in [7, 11) is -8.18. The molecule has 0 fully saturated rings. The van der Waals surface area contributed by atoms with Crippen molar-refractivity contribution in [2.24, 2.45) is 0 Å². The normalized spacial score (nSPS) is 10.7. The second kappa shape index (κ2) is 31.4. The van der Waals surface area contributed by atoms with Gasteiger partial charge in [-0.05, 0) is 66.7 Å². The second-order valence-corrected chi connectivity index (χ2v) is 17.4. The summed E-state index contributed by atoms with van der Waals surface area (Å²) in [5.41, 5.74) is 1.35. The Hall–Kier alpha value is -0.521. The Morgan fingerprint density at radius 3 is 1.67 bits per heavy atom. The van der Waals surface area contributed by atoms with Gasteiger partial charge in [0.25, 0.3) is 5.91 Å². The van der Waals surface area contributed by atoms with Crippen LogP contribution < -0.4 is 121 Å². The number of anilines is 1. The average Bonchev–Trinajstić information content (AvgIpc) is 3.18. The molecule has 1 amide bonds. The molecule has 0 aliphatic rings. The molecule has 1 aromatic heterocycles. The van der Waals surface area contributed by atoms with E-state index in [9.17, 15) is 40.8 Å². The number of aliphatic hydroxyl groups is 3. The van der Waals surface area contributed by atoms with E-state index >= 15 is 0 Å². The third-order valence-electron chi connectivity index (χ3n) is 7.17. The molecule has 0 saturated heterocycles. The van der Waals surface area contributed by atoms with Crippen LogP contribution in [-0.4, -0.2) is 114 Å². The zero-order valence-corrected chi connectivity index (χ0v) is 44.1. The number of carboxylic acid groups (broad SMARTS) is 1. The minimum atomic E-state index is -4.73. The van der Waals surface area contributed by atoms with E-state index in [2.05, 4.69) is 25.1 Å². The molecular formula is C32H37N5Na3O15PS3Tc. The van der Waals surface area contributed by atoms with Crippen molar-refractivity contribution in [2.45, 2.75) is 20.2 Å². The van der Waals surface area contributed by atoms with Gasteiger partial charge in [0.2, 0.25) is 0 Å². The Morgan fingerprint density at radius 2 is 1.30 bits per heavy atom. The monoisotopic (exact) mass is 1020 g/mol. The zero-order chi connectivity index (χ0) is 42.1. The van der Waals surface area contributed by atoms with Crippen LogP contribution in [-0.2, 0) is 54.5 Å². The van der Waals surface area contributed by atoms with E-state index in [-0.39, 0.29) is 115 Å². The fraction of sp³-hybridized carbons (Fsp3) is 0.219. The van der Waals surface area contributed by atoms with Gasteiger partial charge in [-0.25, -0.2) is 21.8 Å². The maximum Gasteiger partial charge on any atom is 1.00 e. The number of rotatable bonds is 16. The fourth-order valence-electron chi connectivity index (χ4n) is 4.30. The predicted octanol–water partition coefficient (Wildman–Crippen LogP) is -10.2. The van der Waals surface area contributed by atoms with Crippen molar-refractivity contribution >= 4 is 73.8 Å². The van der Waals surface area contributed by atoms with E-state index in [1.54, 1.807) is 62.6 Å². The van der Waals surface area contributed by atoms with E-state index in [1.165, 1.54) is 35.4 Å². The van der Waals surface area contributed by atoms with Gasteiger partial charge in [0.15, 0.2) is 0 Å². The number of aromatic nitrogens is 1. The molecule has 0 bridgehead atoms. The standard InChI is InChI=1S/C18H15O9PS3.C8H11N4O.C6H13NO5.3Na.Tc/c19-26-27-29-16-7-1-4-13(10-16)28(14-5-2-8-17(11-14)30(20,21)22)15-6-3-9-18(12-15)31(23,24)25;1-12(2)8(13)6-3-4-7(11-9)10-5-6;8-2-6(3-9,4-10)7-1-5(11)12;;;;/h1-12,19H,(H,20,21,22)(H,23,24,25);3-5,9H,1-2H3,(H,10,11,13);7-10H,1-4H2,(H,11,12);;;;/q;-1;;3*+1;/p-2. The number of pyridine rings is 1. The summed E-state index contributed by atoms with van der Waals surface area (Å²) in [6.45, 7) is -1.98. The van der Waals surface area contributed by atoms with E-state index < -0.39 is 75.8 Å². The summed E-state index contributed by atoms with van der Waals surface area (Å²) in [6, 6.07) is 20.7. The van der Waals surface area contributed by atoms with Gasteiger partial charge in [-0.3, -0.25) is 19.9 Å². The minimum Gasteiger partial charge on any atom is -0.744 e. The molecule has 4 rings (SSSR count). The molecule has 4 aromatic rings. The van der Waals surface area contributed by atoms with E-state index in [0.717, 1.165) is 12.1 Å². The van der Waals surface area contributed by atoms with Crippen LogP contribution in [0.25, 0.3) is 5.84 Å². The first-order chi connectivity index (χ1) is 26.3. The summed E-state index contributed by atoms with van der Waals surface area (Å²) in [5, 5.41) is 51.8. The van der Waals surface area contributed by atoms with Gasteiger partial charge in [0.1, 0.15) is 42.0 Å². The van der Waals surface area contributed by atoms with Gasteiger partial charge in [0.05, 0.1) is 67.2 Å². The number of carboxylic acids is 1. The molecule has 0 saturated carbocycles. The van der Waals surface area contributed by atoms with Gasteiger partial charge >= 0.3 is 94.6 Å². The number of benzene rings is 3. The zero-order valence-electron chi connectivity index (χ0n) is 32.8. The molecule has 1 heterocycles. The van der Waals surface area contributed by atoms with Gasteiger partial charge in [-0.1, -0.05) is 18.2 Å². The number of carbonyl (C=O) groups is 2. The van der Waals surface area contributed by atoms with Crippen molar-refractivity contribution in [3.63, 3.8) is 0 Å². The predicted molar refractivity (Wildman–Crippen MR) is 200 cm³/mol. The maximum absolute atomic E-state index is 11.5. The van der Waals surface area contributed by atoms with Crippen LogP contribution in [0.4, 0.5) is 5.82 Å². The SMILES string of the molecule is CN(C)C(=O)c1ccc(N[NH-])nc1.O=C(O)CNC(CO)(CO)CO.O=S(=O)([O-])c1cccc([PH+](c2cccc(SOO[O-])c2)c2cccc(S(=O)(=O)[O-])c2)c1.[Na+].[Na+].[Na+].[Tc]. The Bertz CT molecular complexity index is 2050. The van der Waals surface area contributed by atoms with E-state index in [1.807, 2.05) is 0 Å². The topological polar surface area (TPSA) is 335 Å². The Morgan fingerprint density at radius 1 is 0.833 bits per heavy atom. The van der Waals surface area contributed by atoms with Crippen molar-refractivity contribution in [1.29, 1.82) is 0 Å². The second-order valence-electron chi connectivity index (χ2n) is 11.3. The van der Waals surface area contributed by atoms with Crippen LogP contribution in [0.3, 0.4) is 0 Å². The molecule has 1 radical (unpaired) electrons. The molecule has 0 unspecified atom stereocenters. The third kappa shape index (κ3) is 21.4. The maximum atomic E-state index is 11.5. The summed E-state index contributed by atoms with van der Waals surface area (Å²) < 4.78 is 73.4. The smallest absolute Gasteiger partial charge is 0.744 e. The molecule has 0 aliphatic carbocycles. The Labute approximate surface area is 431 Å². The van der Waals surface area contributed by atoms with Crippen LogP contribution in [0.2, 0.25) is 0 Å². The number of aliphatic carboxylic acids is 1. The summed E-state index contributed by atoms with van der Waals surface area (Å²) in [6.07, 6.45) is 1.44. The molecule has 28 heteroatoms. The van der Waals surface area contributed by atoms with Crippen LogP contribution in [0, 0.1) is 0 Å². The first-order valence-corrected chi connectivity index (χ1v) is 20.5.